The van der Waals surface area contributed by atoms with Crippen LogP contribution in [0.4, 0.5) is 0 Å². The Morgan fingerprint density at radius 2 is 2.12 bits per heavy atom. The van der Waals surface area contributed by atoms with Crippen molar-refractivity contribution >= 4 is 11.9 Å². The second kappa shape index (κ2) is 9.08. The molecule has 0 aromatic rings. The van der Waals surface area contributed by atoms with E-state index < -0.39 is 12.0 Å². The van der Waals surface area contributed by atoms with Crippen LogP contribution in [0.5, 0.6) is 0 Å². The molecule has 16 heavy (non-hydrogen) atoms. The second-order valence-corrected chi connectivity index (χ2v) is 3.24. The van der Waals surface area contributed by atoms with Gasteiger partial charge in [0.15, 0.2) is 0 Å². The summed E-state index contributed by atoms with van der Waals surface area (Å²) < 4.78 is 4.76. The van der Waals surface area contributed by atoms with Gasteiger partial charge in [0.25, 0.3) is 0 Å². The first-order valence-electron chi connectivity index (χ1n) is 5.02. The molecule has 0 aromatic carbocycles. The predicted octanol–water partition coefficient (Wildman–Crippen LogP) is -1.86. The number of nitrogens with two attached hydrogens (primary N) is 1. The Morgan fingerprint density at radius 1 is 1.44 bits per heavy atom. The molecule has 0 saturated heterocycles. The lowest BCUT2D eigenvalue weighted by Gasteiger charge is -2.08. The number of hydrogen-bond donors (Lipinski definition) is 4. The zero-order chi connectivity index (χ0) is 12.4. The highest BCUT2D eigenvalue weighted by molar-refractivity contribution is 5.76. The monoisotopic (exact) mass is 233 g/mol. The van der Waals surface area contributed by atoms with Gasteiger partial charge >= 0.3 is 5.97 Å². The second-order valence-electron chi connectivity index (χ2n) is 3.24. The highest BCUT2D eigenvalue weighted by atomic mass is 16.5. The summed E-state index contributed by atoms with van der Waals surface area (Å²) >= 11 is 0. The fraction of sp³-hybridized carbons (Fsp3) is 0.778. The van der Waals surface area contributed by atoms with Crippen LogP contribution in [0.3, 0.4) is 0 Å². The maximum Gasteiger partial charge on any atom is 0.321 e. The van der Waals surface area contributed by atoms with E-state index in [0.717, 1.165) is 0 Å². The van der Waals surface area contributed by atoms with E-state index in [1.165, 1.54) is 0 Å². The molecule has 0 aliphatic rings. The largest absolute Gasteiger partial charge is 0.480 e. The van der Waals surface area contributed by atoms with Crippen molar-refractivity contribution in [3.63, 3.8) is 0 Å². The SMILES string of the molecule is COCCNC(=O)CCNCC(N)C(=O)O. The van der Waals surface area contributed by atoms with E-state index in [1.54, 1.807) is 7.11 Å². The van der Waals surface area contributed by atoms with Crippen molar-refractivity contribution in [2.75, 3.05) is 33.4 Å². The van der Waals surface area contributed by atoms with E-state index in [1.807, 2.05) is 0 Å². The number of carboxylic acid groups (broad SMARTS) is 1. The van der Waals surface area contributed by atoms with Crippen molar-refractivity contribution in [2.45, 2.75) is 12.5 Å². The number of aliphatic carboxylic acids is 1. The quantitative estimate of drug-likeness (QED) is 0.347. The Balaban J connectivity index is 3.37. The first kappa shape index (κ1) is 14.8. The van der Waals surface area contributed by atoms with Crippen molar-refractivity contribution < 1.29 is 19.4 Å². The van der Waals surface area contributed by atoms with Crippen LogP contribution >= 0.6 is 0 Å². The molecule has 0 spiro atoms. The highest BCUT2D eigenvalue weighted by Crippen LogP contribution is 1.80. The van der Waals surface area contributed by atoms with Crippen LogP contribution in [0.25, 0.3) is 0 Å². The molecular formula is C9H19N3O4. The molecule has 0 aliphatic heterocycles. The van der Waals surface area contributed by atoms with E-state index >= 15 is 0 Å². The van der Waals surface area contributed by atoms with Crippen molar-refractivity contribution in [2.24, 2.45) is 5.73 Å². The molecule has 0 rings (SSSR count). The molecule has 1 atom stereocenters. The third-order valence-corrected chi connectivity index (χ3v) is 1.84. The molecule has 7 heteroatoms. The lowest BCUT2D eigenvalue weighted by atomic mass is 10.3. The zero-order valence-corrected chi connectivity index (χ0v) is 9.36. The molecule has 0 heterocycles. The van der Waals surface area contributed by atoms with Crippen LogP contribution in [-0.2, 0) is 14.3 Å². The number of amides is 1. The van der Waals surface area contributed by atoms with Crippen LogP contribution < -0.4 is 16.4 Å². The number of ether oxygens (including phenoxy) is 1. The van der Waals surface area contributed by atoms with E-state index in [-0.39, 0.29) is 18.9 Å². The summed E-state index contributed by atoms with van der Waals surface area (Å²) in [6.07, 6.45) is 0.288. The van der Waals surface area contributed by atoms with Gasteiger partial charge in [0.1, 0.15) is 6.04 Å². The molecule has 94 valence electrons. The molecule has 1 unspecified atom stereocenters. The number of rotatable bonds is 9. The smallest absolute Gasteiger partial charge is 0.321 e. The standard InChI is InChI=1S/C9H19N3O4/c1-16-5-4-12-8(13)2-3-11-6-7(10)9(14)15/h7,11H,2-6,10H2,1H3,(H,12,13)(H,14,15). The lowest BCUT2D eigenvalue weighted by molar-refractivity contribution is -0.138. The van der Waals surface area contributed by atoms with Gasteiger partial charge in [-0.3, -0.25) is 9.59 Å². The molecule has 1 amide bonds. The number of carbonyl (C=O) groups excluding carboxylic acids is 1. The third kappa shape index (κ3) is 8.16. The molecular weight excluding hydrogens is 214 g/mol. The van der Waals surface area contributed by atoms with Gasteiger partial charge in [-0.15, -0.1) is 0 Å². The molecule has 0 aliphatic carbocycles. The van der Waals surface area contributed by atoms with E-state index in [2.05, 4.69) is 10.6 Å². The van der Waals surface area contributed by atoms with Crippen LogP contribution in [0, 0.1) is 0 Å². The summed E-state index contributed by atoms with van der Waals surface area (Å²) in [5.41, 5.74) is 5.25. The Hall–Kier alpha value is -1.18. The van der Waals surface area contributed by atoms with E-state index in [4.69, 9.17) is 15.6 Å². The van der Waals surface area contributed by atoms with Gasteiger partial charge in [-0.2, -0.15) is 0 Å². The average molecular weight is 233 g/mol. The summed E-state index contributed by atoms with van der Waals surface area (Å²) in [6, 6.07) is -0.934. The predicted molar refractivity (Wildman–Crippen MR) is 58.0 cm³/mol. The van der Waals surface area contributed by atoms with E-state index in [0.29, 0.717) is 19.7 Å². The van der Waals surface area contributed by atoms with Crippen LogP contribution in [0.1, 0.15) is 6.42 Å². The van der Waals surface area contributed by atoms with E-state index in [9.17, 15) is 9.59 Å². The molecule has 5 N–H and O–H groups in total. The normalized spacial score (nSPS) is 12.1. The average Bonchev–Trinajstić information content (AvgIpc) is 2.24. The van der Waals surface area contributed by atoms with Gasteiger partial charge in [-0.1, -0.05) is 0 Å². The van der Waals surface area contributed by atoms with Crippen molar-refractivity contribution in [1.29, 1.82) is 0 Å². The summed E-state index contributed by atoms with van der Waals surface area (Å²) in [5.74, 6) is -1.16. The Kier molecular flexibility index (Phi) is 8.41. The maximum absolute atomic E-state index is 11.1. The lowest BCUT2D eigenvalue weighted by Crippen LogP contribution is -2.41. The van der Waals surface area contributed by atoms with Crippen LogP contribution in [-0.4, -0.2) is 56.4 Å². The number of carboxylic acids is 1. The minimum absolute atomic E-state index is 0.103. The van der Waals surface area contributed by atoms with Crippen LogP contribution in [0.15, 0.2) is 0 Å². The van der Waals surface area contributed by atoms with Crippen LogP contribution in [0.2, 0.25) is 0 Å². The van der Waals surface area contributed by atoms with Gasteiger partial charge in [0, 0.05) is 33.2 Å². The Bertz CT molecular complexity index is 223. The fourth-order valence-electron chi connectivity index (χ4n) is 0.928. The molecule has 0 aromatic heterocycles. The van der Waals surface area contributed by atoms with Gasteiger partial charge in [0.2, 0.25) is 5.91 Å². The molecule has 7 nitrogen and oxygen atoms in total. The third-order valence-electron chi connectivity index (χ3n) is 1.84. The maximum atomic E-state index is 11.1. The molecule has 0 radical (unpaired) electrons. The minimum atomic E-state index is -1.06. The molecule has 0 bridgehead atoms. The first-order valence-corrected chi connectivity index (χ1v) is 5.02. The highest BCUT2D eigenvalue weighted by Gasteiger charge is 2.10. The molecule has 0 saturated carbocycles. The number of hydrogen-bond acceptors (Lipinski definition) is 5. The summed E-state index contributed by atoms with van der Waals surface area (Å²) in [4.78, 5) is 21.5. The number of methoxy groups -OCH3 is 1. The molecule has 0 fully saturated rings. The minimum Gasteiger partial charge on any atom is -0.480 e. The van der Waals surface area contributed by atoms with Crippen molar-refractivity contribution in [1.82, 2.24) is 10.6 Å². The fourth-order valence-corrected chi connectivity index (χ4v) is 0.928. The Morgan fingerprint density at radius 3 is 2.69 bits per heavy atom. The topological polar surface area (TPSA) is 114 Å². The number of carbonyl (C=O) groups is 2. The van der Waals surface area contributed by atoms with Gasteiger partial charge in [0.05, 0.1) is 6.61 Å². The van der Waals surface area contributed by atoms with Gasteiger partial charge < -0.3 is 26.2 Å². The summed E-state index contributed by atoms with van der Waals surface area (Å²) in [7, 11) is 1.56. The van der Waals surface area contributed by atoms with Crippen molar-refractivity contribution in [3.05, 3.63) is 0 Å². The Labute approximate surface area is 94.3 Å². The van der Waals surface area contributed by atoms with Gasteiger partial charge in [-0.25, -0.2) is 0 Å². The first-order chi connectivity index (χ1) is 7.57. The van der Waals surface area contributed by atoms with Crippen molar-refractivity contribution in [3.8, 4) is 0 Å². The summed E-state index contributed by atoms with van der Waals surface area (Å²) in [5, 5.41) is 13.9. The van der Waals surface area contributed by atoms with Gasteiger partial charge in [-0.05, 0) is 0 Å². The zero-order valence-electron chi connectivity index (χ0n) is 9.36. The number of nitrogens with one attached hydrogen (secondary N) is 2. The summed E-state index contributed by atoms with van der Waals surface area (Å²) in [6.45, 7) is 1.51.